The molecule has 1 aliphatic rings. The maximum atomic E-state index is 12.7. The van der Waals surface area contributed by atoms with Crippen LogP contribution in [-0.2, 0) is 11.2 Å². The zero-order valence-electron chi connectivity index (χ0n) is 14.9. The molecule has 2 heterocycles. The Morgan fingerprint density at radius 1 is 1.07 bits per heavy atom. The molecule has 0 N–H and O–H groups in total. The number of aromatic nitrogens is 1. The summed E-state index contributed by atoms with van der Waals surface area (Å²) in [6.45, 7) is 1.49. The molecular formula is C19H18ClF2N3O2S. The predicted octanol–water partition coefficient (Wildman–Crippen LogP) is 3.58. The second kappa shape index (κ2) is 9.34. The molecule has 2 amide bonds. The first kappa shape index (κ1) is 20.5. The van der Waals surface area contributed by atoms with E-state index in [1.165, 1.54) is 12.3 Å². The number of carbonyl (C=O) groups excluding carboxylic acids is 2. The standard InChI is InChI=1S/C19H18ClF2N3O2S/c20-14-5-3-13(4-6-14)12-16(26)24-8-10-25(11-9-24)18(27)15-2-1-7-23-17(15)28-19(21)22/h1-7,19H,8-12H2. The SMILES string of the molecule is O=C(Cc1ccc(Cl)cc1)N1CCN(C(=O)c2cccnc2SC(F)F)CC1. The van der Waals surface area contributed by atoms with Gasteiger partial charge in [-0.05, 0) is 41.6 Å². The molecule has 0 spiro atoms. The van der Waals surface area contributed by atoms with E-state index in [2.05, 4.69) is 4.98 Å². The molecule has 3 rings (SSSR count). The Kier molecular flexibility index (Phi) is 6.85. The summed E-state index contributed by atoms with van der Waals surface area (Å²) < 4.78 is 25.4. The molecule has 0 aliphatic carbocycles. The van der Waals surface area contributed by atoms with Gasteiger partial charge in [-0.15, -0.1) is 0 Å². The number of hydrogen-bond acceptors (Lipinski definition) is 4. The van der Waals surface area contributed by atoms with Crippen molar-refractivity contribution in [1.82, 2.24) is 14.8 Å². The molecule has 5 nitrogen and oxygen atoms in total. The monoisotopic (exact) mass is 425 g/mol. The van der Waals surface area contributed by atoms with Gasteiger partial charge >= 0.3 is 0 Å². The van der Waals surface area contributed by atoms with Gasteiger partial charge in [0.15, 0.2) is 0 Å². The van der Waals surface area contributed by atoms with Gasteiger partial charge in [-0.3, -0.25) is 9.59 Å². The van der Waals surface area contributed by atoms with E-state index >= 15 is 0 Å². The van der Waals surface area contributed by atoms with Crippen LogP contribution in [0.15, 0.2) is 47.6 Å². The topological polar surface area (TPSA) is 53.5 Å². The molecule has 1 aromatic carbocycles. The lowest BCUT2D eigenvalue weighted by molar-refractivity contribution is -0.131. The van der Waals surface area contributed by atoms with Crippen LogP contribution in [-0.4, -0.2) is 58.5 Å². The fourth-order valence-corrected chi connectivity index (χ4v) is 3.65. The predicted molar refractivity (Wildman–Crippen MR) is 104 cm³/mol. The number of benzene rings is 1. The highest BCUT2D eigenvalue weighted by atomic mass is 35.5. The molecule has 0 radical (unpaired) electrons. The summed E-state index contributed by atoms with van der Waals surface area (Å²) in [5.41, 5.74) is 1.03. The van der Waals surface area contributed by atoms with E-state index in [1.54, 1.807) is 28.0 Å². The molecule has 1 fully saturated rings. The van der Waals surface area contributed by atoms with E-state index in [1.807, 2.05) is 12.1 Å². The van der Waals surface area contributed by atoms with Crippen molar-refractivity contribution in [2.45, 2.75) is 17.2 Å². The zero-order valence-corrected chi connectivity index (χ0v) is 16.4. The Bertz CT molecular complexity index is 843. The van der Waals surface area contributed by atoms with Crippen molar-refractivity contribution in [3.8, 4) is 0 Å². The number of alkyl halides is 2. The summed E-state index contributed by atoms with van der Waals surface area (Å²) in [4.78, 5) is 32.3. The van der Waals surface area contributed by atoms with Crippen LogP contribution in [0.25, 0.3) is 0 Å². The molecule has 0 saturated carbocycles. The largest absolute Gasteiger partial charge is 0.339 e. The minimum atomic E-state index is -2.65. The molecule has 0 bridgehead atoms. The first-order chi connectivity index (χ1) is 13.4. The van der Waals surface area contributed by atoms with Gasteiger partial charge in [0, 0.05) is 37.4 Å². The summed E-state index contributed by atoms with van der Waals surface area (Å²) in [6.07, 6.45) is 1.65. The van der Waals surface area contributed by atoms with Crippen LogP contribution in [0.2, 0.25) is 5.02 Å². The number of pyridine rings is 1. The van der Waals surface area contributed by atoms with E-state index in [4.69, 9.17) is 11.6 Å². The third-order valence-corrected chi connectivity index (χ3v) is 5.37. The first-order valence-corrected chi connectivity index (χ1v) is 9.91. The Hall–Kier alpha value is -2.19. The van der Waals surface area contributed by atoms with Gasteiger partial charge in [-0.25, -0.2) is 4.98 Å². The molecule has 0 atom stereocenters. The van der Waals surface area contributed by atoms with Gasteiger partial charge in [0.05, 0.1) is 12.0 Å². The minimum Gasteiger partial charge on any atom is -0.339 e. The number of rotatable bonds is 5. The molecule has 9 heteroatoms. The highest BCUT2D eigenvalue weighted by molar-refractivity contribution is 7.99. The van der Waals surface area contributed by atoms with Crippen LogP contribution in [0.5, 0.6) is 0 Å². The fraction of sp³-hybridized carbons (Fsp3) is 0.316. The maximum Gasteiger partial charge on any atom is 0.290 e. The van der Waals surface area contributed by atoms with Crippen LogP contribution >= 0.6 is 23.4 Å². The van der Waals surface area contributed by atoms with Crippen LogP contribution in [0.3, 0.4) is 0 Å². The van der Waals surface area contributed by atoms with Crippen molar-refractivity contribution in [3.05, 3.63) is 58.7 Å². The summed E-state index contributed by atoms with van der Waals surface area (Å²) in [7, 11) is 0. The Morgan fingerprint density at radius 3 is 2.36 bits per heavy atom. The molecule has 2 aromatic rings. The molecule has 148 valence electrons. The minimum absolute atomic E-state index is 0.0174. The van der Waals surface area contributed by atoms with Gasteiger partial charge in [0.2, 0.25) is 5.91 Å². The molecule has 28 heavy (non-hydrogen) atoms. The summed E-state index contributed by atoms with van der Waals surface area (Å²) >= 11 is 6.11. The van der Waals surface area contributed by atoms with Crippen molar-refractivity contribution in [2.75, 3.05) is 26.2 Å². The number of amides is 2. The lowest BCUT2D eigenvalue weighted by atomic mass is 10.1. The van der Waals surface area contributed by atoms with Gasteiger partial charge in [0.25, 0.3) is 11.7 Å². The number of hydrogen-bond donors (Lipinski definition) is 0. The van der Waals surface area contributed by atoms with E-state index < -0.39 is 5.76 Å². The average Bonchev–Trinajstić information content (AvgIpc) is 2.69. The number of carbonyl (C=O) groups is 2. The molecule has 1 aromatic heterocycles. The number of thioether (sulfide) groups is 1. The fourth-order valence-electron chi connectivity index (χ4n) is 2.95. The summed E-state index contributed by atoms with van der Waals surface area (Å²) in [6, 6.07) is 10.1. The van der Waals surface area contributed by atoms with Crippen molar-refractivity contribution in [1.29, 1.82) is 0 Å². The van der Waals surface area contributed by atoms with Crippen LogP contribution in [0, 0.1) is 0 Å². The van der Waals surface area contributed by atoms with E-state index in [0.29, 0.717) is 31.2 Å². The van der Waals surface area contributed by atoms with Crippen LogP contribution < -0.4 is 0 Å². The highest BCUT2D eigenvalue weighted by Crippen LogP contribution is 2.27. The highest BCUT2D eigenvalue weighted by Gasteiger charge is 2.27. The average molecular weight is 426 g/mol. The quantitative estimate of drug-likeness (QED) is 0.687. The van der Waals surface area contributed by atoms with Gasteiger partial charge in [-0.2, -0.15) is 8.78 Å². The van der Waals surface area contributed by atoms with E-state index in [-0.39, 0.29) is 40.6 Å². The molecular weight excluding hydrogens is 408 g/mol. The third-order valence-electron chi connectivity index (χ3n) is 4.39. The number of halogens is 3. The normalized spacial score (nSPS) is 14.4. The van der Waals surface area contributed by atoms with Gasteiger partial charge in [0.1, 0.15) is 5.03 Å². The zero-order chi connectivity index (χ0) is 20.1. The lowest BCUT2D eigenvalue weighted by Crippen LogP contribution is -2.51. The molecule has 1 saturated heterocycles. The summed E-state index contributed by atoms with van der Waals surface area (Å²) in [5.74, 6) is -3.02. The van der Waals surface area contributed by atoms with E-state index in [9.17, 15) is 18.4 Å². The Labute approximate surface area is 170 Å². The number of nitrogens with zero attached hydrogens (tertiary/aromatic N) is 3. The van der Waals surface area contributed by atoms with Crippen molar-refractivity contribution < 1.29 is 18.4 Å². The maximum absolute atomic E-state index is 12.7. The molecule has 1 aliphatic heterocycles. The third kappa shape index (κ3) is 5.20. The molecule has 0 unspecified atom stereocenters. The van der Waals surface area contributed by atoms with Crippen LogP contribution in [0.4, 0.5) is 8.78 Å². The smallest absolute Gasteiger partial charge is 0.290 e. The van der Waals surface area contributed by atoms with Crippen LogP contribution in [0.1, 0.15) is 15.9 Å². The first-order valence-electron chi connectivity index (χ1n) is 8.65. The second-order valence-electron chi connectivity index (χ2n) is 6.21. The van der Waals surface area contributed by atoms with Gasteiger partial charge < -0.3 is 9.80 Å². The Morgan fingerprint density at radius 2 is 1.71 bits per heavy atom. The summed E-state index contributed by atoms with van der Waals surface area (Å²) in [5, 5.41) is 0.631. The van der Waals surface area contributed by atoms with Crippen molar-refractivity contribution in [3.63, 3.8) is 0 Å². The van der Waals surface area contributed by atoms with Gasteiger partial charge in [-0.1, -0.05) is 23.7 Å². The number of piperazine rings is 1. The van der Waals surface area contributed by atoms with Crippen molar-refractivity contribution >= 4 is 35.2 Å². The second-order valence-corrected chi connectivity index (χ2v) is 7.63. The van der Waals surface area contributed by atoms with Crippen molar-refractivity contribution in [2.24, 2.45) is 0 Å². The lowest BCUT2D eigenvalue weighted by Gasteiger charge is -2.35. The Balaban J connectivity index is 1.58. The van der Waals surface area contributed by atoms with E-state index in [0.717, 1.165) is 5.56 Å².